The summed E-state index contributed by atoms with van der Waals surface area (Å²) in [6.45, 7) is 5.53. The van der Waals surface area contributed by atoms with Gasteiger partial charge in [-0.3, -0.25) is 4.90 Å². The summed E-state index contributed by atoms with van der Waals surface area (Å²) >= 11 is 0. The molecule has 8 nitrogen and oxygen atoms in total. The lowest BCUT2D eigenvalue weighted by atomic mass is 9.97. The molecule has 0 saturated carbocycles. The van der Waals surface area contributed by atoms with Gasteiger partial charge in [0.2, 0.25) is 0 Å². The second-order valence-corrected chi connectivity index (χ2v) is 9.72. The third-order valence-corrected chi connectivity index (χ3v) is 6.18. The van der Waals surface area contributed by atoms with E-state index >= 15 is 0 Å². The van der Waals surface area contributed by atoms with Crippen LogP contribution >= 0.6 is 0 Å². The molecule has 2 amide bonds. The molecule has 1 aliphatic heterocycles. The first-order valence-corrected chi connectivity index (χ1v) is 11.5. The van der Waals surface area contributed by atoms with Crippen molar-refractivity contribution in [2.75, 3.05) is 13.2 Å². The Hall–Kier alpha value is -3.55. The Kier molecular flexibility index (Phi) is 6.50. The number of likely N-dealkylation sites (tertiary alicyclic amines) is 1. The zero-order valence-electron chi connectivity index (χ0n) is 19.6. The van der Waals surface area contributed by atoms with Gasteiger partial charge in [0, 0.05) is 18.5 Å². The van der Waals surface area contributed by atoms with Gasteiger partial charge in [0.15, 0.2) is 0 Å². The zero-order chi connectivity index (χ0) is 24.5. The first-order chi connectivity index (χ1) is 16.1. The van der Waals surface area contributed by atoms with Crippen LogP contribution in [0.1, 0.15) is 50.7 Å². The molecular formula is C26H30N2O6. The van der Waals surface area contributed by atoms with Gasteiger partial charge in [-0.25, -0.2) is 14.4 Å². The monoisotopic (exact) mass is 466 g/mol. The van der Waals surface area contributed by atoms with E-state index in [2.05, 4.69) is 17.4 Å². The number of benzene rings is 2. The number of amides is 2. The molecule has 0 bridgehead atoms. The fourth-order valence-corrected chi connectivity index (χ4v) is 4.68. The molecule has 0 spiro atoms. The number of piperidine rings is 1. The van der Waals surface area contributed by atoms with E-state index in [0.717, 1.165) is 22.3 Å². The molecule has 180 valence electrons. The molecule has 2 aliphatic rings. The van der Waals surface area contributed by atoms with Crippen molar-refractivity contribution in [2.45, 2.75) is 57.2 Å². The molecule has 4 rings (SSSR count). The zero-order valence-corrected chi connectivity index (χ0v) is 19.6. The molecule has 34 heavy (non-hydrogen) atoms. The van der Waals surface area contributed by atoms with Crippen molar-refractivity contribution in [1.29, 1.82) is 0 Å². The van der Waals surface area contributed by atoms with Crippen molar-refractivity contribution in [3.05, 3.63) is 59.7 Å². The minimum atomic E-state index is -1.13. The van der Waals surface area contributed by atoms with E-state index in [1.807, 2.05) is 36.4 Å². The lowest BCUT2D eigenvalue weighted by Crippen LogP contribution is -2.55. The number of carboxylic acid groups (broad SMARTS) is 1. The number of ether oxygens (including phenoxy) is 2. The highest BCUT2D eigenvalue weighted by molar-refractivity contribution is 5.81. The standard InChI is InChI=1S/C26H30N2O6/c1-26(2,3)34-25(32)28-13-12-16(14-22(28)23(29)30)27-24(31)33-15-21-19-10-6-4-8-17(19)18-9-5-7-11-20(18)21/h4-11,16,21-22H,12-15H2,1-3H3,(H,27,31)(H,29,30)/t16-,22-/m0/s1. The summed E-state index contributed by atoms with van der Waals surface area (Å²) in [4.78, 5) is 38.0. The summed E-state index contributed by atoms with van der Waals surface area (Å²) in [5, 5.41) is 12.4. The van der Waals surface area contributed by atoms with Crippen LogP contribution in [-0.2, 0) is 14.3 Å². The predicted molar refractivity (Wildman–Crippen MR) is 126 cm³/mol. The van der Waals surface area contributed by atoms with E-state index in [4.69, 9.17) is 9.47 Å². The molecule has 2 aromatic carbocycles. The highest BCUT2D eigenvalue weighted by Crippen LogP contribution is 2.44. The van der Waals surface area contributed by atoms with E-state index in [0.29, 0.717) is 6.42 Å². The average Bonchev–Trinajstić information content (AvgIpc) is 3.10. The number of hydrogen-bond donors (Lipinski definition) is 2. The number of carbonyl (C=O) groups excluding carboxylic acids is 2. The van der Waals surface area contributed by atoms with Gasteiger partial charge in [0.05, 0.1) is 0 Å². The first kappa shape index (κ1) is 23.6. The molecule has 2 atom stereocenters. The molecule has 2 aromatic rings. The Bertz CT molecular complexity index is 1050. The number of hydrogen-bond acceptors (Lipinski definition) is 5. The van der Waals surface area contributed by atoms with Gasteiger partial charge >= 0.3 is 18.2 Å². The number of carbonyl (C=O) groups is 3. The smallest absolute Gasteiger partial charge is 0.411 e. The van der Waals surface area contributed by atoms with Crippen molar-refractivity contribution in [1.82, 2.24) is 10.2 Å². The van der Waals surface area contributed by atoms with Crippen LogP contribution < -0.4 is 5.32 Å². The van der Waals surface area contributed by atoms with Crippen LogP contribution in [0.3, 0.4) is 0 Å². The average molecular weight is 467 g/mol. The molecule has 0 radical (unpaired) electrons. The summed E-state index contributed by atoms with van der Waals surface area (Å²) in [5.74, 6) is -1.19. The van der Waals surface area contributed by atoms with Crippen LogP contribution in [0.2, 0.25) is 0 Å². The quantitative estimate of drug-likeness (QED) is 0.693. The Morgan fingerprint density at radius 2 is 1.62 bits per heavy atom. The third-order valence-electron chi connectivity index (χ3n) is 6.18. The highest BCUT2D eigenvalue weighted by Gasteiger charge is 2.39. The van der Waals surface area contributed by atoms with Crippen molar-refractivity contribution < 1.29 is 29.0 Å². The topological polar surface area (TPSA) is 105 Å². The van der Waals surface area contributed by atoms with Gasteiger partial charge in [-0.15, -0.1) is 0 Å². The van der Waals surface area contributed by atoms with E-state index in [1.54, 1.807) is 20.8 Å². The number of fused-ring (bicyclic) bond motifs is 3. The molecule has 1 saturated heterocycles. The van der Waals surface area contributed by atoms with Gasteiger partial charge in [-0.1, -0.05) is 48.5 Å². The Morgan fingerprint density at radius 3 is 2.18 bits per heavy atom. The van der Waals surface area contributed by atoms with Crippen LogP contribution in [0.15, 0.2) is 48.5 Å². The Labute approximate surface area is 198 Å². The van der Waals surface area contributed by atoms with Crippen LogP contribution in [-0.4, -0.2) is 59.0 Å². The molecule has 1 heterocycles. The Balaban J connectivity index is 1.36. The first-order valence-electron chi connectivity index (χ1n) is 11.5. The number of carboxylic acids is 1. The number of alkyl carbamates (subject to hydrolysis) is 1. The van der Waals surface area contributed by atoms with Crippen LogP contribution in [0, 0.1) is 0 Å². The summed E-state index contributed by atoms with van der Waals surface area (Å²) in [5.41, 5.74) is 3.80. The Morgan fingerprint density at radius 1 is 1.03 bits per heavy atom. The summed E-state index contributed by atoms with van der Waals surface area (Å²) in [6, 6.07) is 14.7. The molecule has 1 aliphatic carbocycles. The van der Waals surface area contributed by atoms with Gasteiger partial charge in [0.25, 0.3) is 0 Å². The highest BCUT2D eigenvalue weighted by atomic mass is 16.6. The fourth-order valence-electron chi connectivity index (χ4n) is 4.68. The minimum absolute atomic E-state index is 0.0565. The summed E-state index contributed by atoms with van der Waals surface area (Å²) < 4.78 is 10.9. The van der Waals surface area contributed by atoms with Gasteiger partial charge in [-0.2, -0.15) is 0 Å². The molecule has 2 N–H and O–H groups in total. The van der Waals surface area contributed by atoms with Gasteiger partial charge in [-0.05, 0) is 55.9 Å². The van der Waals surface area contributed by atoms with Crippen LogP contribution in [0.25, 0.3) is 11.1 Å². The van der Waals surface area contributed by atoms with Crippen molar-refractivity contribution in [3.63, 3.8) is 0 Å². The van der Waals surface area contributed by atoms with Crippen LogP contribution in [0.5, 0.6) is 0 Å². The second-order valence-electron chi connectivity index (χ2n) is 9.72. The minimum Gasteiger partial charge on any atom is -0.480 e. The maximum Gasteiger partial charge on any atom is 0.411 e. The van der Waals surface area contributed by atoms with Gasteiger partial charge in [0.1, 0.15) is 18.2 Å². The summed E-state index contributed by atoms with van der Waals surface area (Å²) in [7, 11) is 0. The van der Waals surface area contributed by atoms with Crippen molar-refractivity contribution in [3.8, 4) is 11.1 Å². The number of nitrogens with one attached hydrogen (secondary N) is 1. The van der Waals surface area contributed by atoms with E-state index in [9.17, 15) is 19.5 Å². The number of rotatable bonds is 4. The van der Waals surface area contributed by atoms with E-state index < -0.39 is 35.8 Å². The maximum atomic E-state index is 12.6. The molecule has 1 fully saturated rings. The maximum absolute atomic E-state index is 12.6. The molecule has 0 aromatic heterocycles. The van der Waals surface area contributed by atoms with Gasteiger partial charge < -0.3 is 19.9 Å². The summed E-state index contributed by atoms with van der Waals surface area (Å²) in [6.07, 6.45) is -0.771. The van der Waals surface area contributed by atoms with E-state index in [1.165, 1.54) is 4.90 Å². The number of nitrogens with zero attached hydrogens (tertiary/aromatic N) is 1. The van der Waals surface area contributed by atoms with Crippen molar-refractivity contribution >= 4 is 18.2 Å². The second kappa shape index (κ2) is 9.37. The SMILES string of the molecule is CC(C)(C)OC(=O)N1CC[C@H](NC(=O)OCC2c3ccccc3-c3ccccc32)C[C@H]1C(=O)O. The lowest BCUT2D eigenvalue weighted by molar-refractivity contribution is -0.144. The molecular weight excluding hydrogens is 436 g/mol. The van der Waals surface area contributed by atoms with E-state index in [-0.39, 0.29) is 25.5 Å². The number of aliphatic carboxylic acids is 1. The lowest BCUT2D eigenvalue weighted by Gasteiger charge is -2.37. The van der Waals surface area contributed by atoms with Crippen LogP contribution in [0.4, 0.5) is 9.59 Å². The molecule has 8 heteroatoms. The predicted octanol–water partition coefficient (Wildman–Crippen LogP) is 4.38. The fraction of sp³-hybridized carbons (Fsp3) is 0.423. The molecule has 0 unspecified atom stereocenters. The normalized spacial score (nSPS) is 19.7. The van der Waals surface area contributed by atoms with Crippen molar-refractivity contribution in [2.24, 2.45) is 0 Å². The third kappa shape index (κ3) is 5.00. The largest absolute Gasteiger partial charge is 0.480 e.